The molecule has 0 spiro atoms. The van der Waals surface area contributed by atoms with Crippen molar-refractivity contribution >= 4 is 24.0 Å². The zero-order valence-electron chi connectivity index (χ0n) is 12.2. The second kappa shape index (κ2) is 6.11. The van der Waals surface area contributed by atoms with Gasteiger partial charge >= 0.3 is 0 Å². The number of aromatic nitrogens is 2. The third-order valence-corrected chi connectivity index (χ3v) is 5.13. The van der Waals surface area contributed by atoms with E-state index in [-0.39, 0.29) is 18.0 Å². The maximum absolute atomic E-state index is 12.3. The minimum atomic E-state index is -0.0197. The molecule has 118 valence electrons. The minimum absolute atomic E-state index is 0. The van der Waals surface area contributed by atoms with Gasteiger partial charge in [-0.15, -0.1) is 12.4 Å². The van der Waals surface area contributed by atoms with E-state index < -0.39 is 0 Å². The van der Waals surface area contributed by atoms with Crippen molar-refractivity contribution in [3.63, 3.8) is 0 Å². The molecule has 3 aliphatic heterocycles. The number of rotatable bonds is 2. The maximum atomic E-state index is 12.3. The van der Waals surface area contributed by atoms with E-state index in [4.69, 9.17) is 11.6 Å². The first kappa shape index (κ1) is 15.7. The summed E-state index contributed by atoms with van der Waals surface area (Å²) in [4.78, 5) is 14.7. The summed E-state index contributed by atoms with van der Waals surface area (Å²) in [5, 5.41) is 3.70. The van der Waals surface area contributed by atoms with Crippen LogP contribution < -0.4 is 5.56 Å². The van der Waals surface area contributed by atoms with Crippen molar-refractivity contribution in [3.8, 4) is 11.1 Å². The summed E-state index contributed by atoms with van der Waals surface area (Å²) >= 11 is 5.91. The van der Waals surface area contributed by atoms with Crippen LogP contribution in [-0.2, 0) is 0 Å². The molecule has 1 N–H and O–H groups in total. The smallest absolute Gasteiger partial charge is 0.271 e. The van der Waals surface area contributed by atoms with E-state index in [0.29, 0.717) is 17.0 Å². The predicted molar refractivity (Wildman–Crippen MR) is 90.9 cm³/mol. The molecule has 0 aliphatic carbocycles. The lowest BCUT2D eigenvalue weighted by atomic mass is 9.84. The van der Waals surface area contributed by atoms with Crippen LogP contribution in [0.1, 0.15) is 18.9 Å². The van der Waals surface area contributed by atoms with E-state index in [9.17, 15) is 4.79 Å². The largest absolute Gasteiger partial charge is 0.301 e. The van der Waals surface area contributed by atoms with E-state index in [1.54, 1.807) is 0 Å². The molecule has 4 nitrogen and oxygen atoms in total. The summed E-state index contributed by atoms with van der Waals surface area (Å²) in [6, 6.07) is 7.84. The molecular formula is C16H19Cl2N3O. The van der Waals surface area contributed by atoms with Gasteiger partial charge in [0.1, 0.15) is 0 Å². The number of H-pyrrole nitrogens is 1. The Labute approximate surface area is 140 Å². The Hall–Kier alpha value is -1.23. The fourth-order valence-electron chi connectivity index (χ4n) is 3.67. The summed E-state index contributed by atoms with van der Waals surface area (Å²) < 4.78 is 2.03. The van der Waals surface area contributed by atoms with Crippen molar-refractivity contribution in [2.75, 3.05) is 19.6 Å². The number of hydrogen-bond donors (Lipinski definition) is 1. The van der Waals surface area contributed by atoms with Crippen LogP contribution in [0.3, 0.4) is 0 Å². The lowest BCUT2D eigenvalue weighted by Gasteiger charge is -2.44. The van der Waals surface area contributed by atoms with Gasteiger partial charge in [0, 0.05) is 17.8 Å². The standard InChI is InChI=1S/C16H18ClN3O.ClH/c17-13-3-1-11(2-4-13)14-9-20(18-16(14)21)15-10-19-7-5-12(15)6-8-19;/h1-4,9,12,15H,5-8,10H2,(H,18,21);1H. The quantitative estimate of drug-likeness (QED) is 0.912. The second-order valence-corrected chi connectivity index (χ2v) is 6.54. The van der Waals surface area contributed by atoms with Gasteiger partial charge in [-0.1, -0.05) is 23.7 Å². The van der Waals surface area contributed by atoms with Crippen molar-refractivity contribution < 1.29 is 0 Å². The van der Waals surface area contributed by atoms with Crippen molar-refractivity contribution in [1.29, 1.82) is 0 Å². The topological polar surface area (TPSA) is 41.0 Å². The van der Waals surface area contributed by atoms with Crippen LogP contribution in [0, 0.1) is 5.92 Å². The molecule has 3 saturated heterocycles. The van der Waals surface area contributed by atoms with Crippen LogP contribution in [0.2, 0.25) is 5.02 Å². The molecule has 2 aromatic rings. The SMILES string of the molecule is Cl.O=c1[nH]n(C2CN3CCC2CC3)cc1-c1ccc(Cl)cc1. The van der Waals surface area contributed by atoms with Gasteiger partial charge in [0.15, 0.2) is 0 Å². The van der Waals surface area contributed by atoms with Gasteiger partial charge in [-0.05, 0) is 49.5 Å². The molecule has 6 heteroatoms. The number of fused-ring (bicyclic) bond motifs is 3. The Morgan fingerprint density at radius 2 is 1.82 bits per heavy atom. The first-order valence-electron chi connectivity index (χ1n) is 7.50. The first-order chi connectivity index (χ1) is 10.2. The van der Waals surface area contributed by atoms with E-state index in [2.05, 4.69) is 10.00 Å². The number of nitrogens with zero attached hydrogens (tertiary/aromatic N) is 2. The van der Waals surface area contributed by atoms with Crippen LogP contribution in [0.4, 0.5) is 0 Å². The van der Waals surface area contributed by atoms with Gasteiger partial charge in [-0.3, -0.25) is 14.6 Å². The lowest BCUT2D eigenvalue weighted by molar-refractivity contribution is 0.0511. The number of aromatic amines is 1. The summed E-state index contributed by atoms with van der Waals surface area (Å²) in [6.45, 7) is 3.46. The molecular weight excluding hydrogens is 321 g/mol. The minimum Gasteiger partial charge on any atom is -0.301 e. The Kier molecular flexibility index (Phi) is 4.35. The molecule has 2 bridgehead atoms. The van der Waals surface area contributed by atoms with Crippen LogP contribution in [0.25, 0.3) is 11.1 Å². The summed E-state index contributed by atoms with van der Waals surface area (Å²) in [5.41, 5.74) is 1.62. The summed E-state index contributed by atoms with van der Waals surface area (Å²) in [6.07, 6.45) is 4.44. The van der Waals surface area contributed by atoms with E-state index in [1.807, 2.05) is 35.1 Å². The maximum Gasteiger partial charge on any atom is 0.271 e. The van der Waals surface area contributed by atoms with Gasteiger partial charge in [0.2, 0.25) is 0 Å². The molecule has 0 saturated carbocycles. The molecule has 0 amide bonds. The molecule has 1 aromatic carbocycles. The molecule has 1 atom stereocenters. The Morgan fingerprint density at radius 3 is 2.41 bits per heavy atom. The van der Waals surface area contributed by atoms with Gasteiger partial charge < -0.3 is 4.90 Å². The zero-order valence-corrected chi connectivity index (χ0v) is 13.7. The highest BCUT2D eigenvalue weighted by Gasteiger charge is 2.35. The van der Waals surface area contributed by atoms with Gasteiger partial charge in [0.25, 0.3) is 5.56 Å². The van der Waals surface area contributed by atoms with Crippen LogP contribution in [-0.4, -0.2) is 34.3 Å². The molecule has 1 unspecified atom stereocenters. The number of hydrogen-bond acceptors (Lipinski definition) is 2. The molecule has 3 aliphatic rings. The number of piperidine rings is 3. The van der Waals surface area contributed by atoms with E-state index in [0.717, 1.165) is 17.7 Å². The average Bonchev–Trinajstić information content (AvgIpc) is 2.91. The predicted octanol–water partition coefficient (Wildman–Crippen LogP) is 3.19. The molecule has 0 radical (unpaired) electrons. The molecule has 3 fully saturated rings. The van der Waals surface area contributed by atoms with Crippen molar-refractivity contribution in [2.24, 2.45) is 5.92 Å². The van der Waals surface area contributed by atoms with E-state index >= 15 is 0 Å². The third-order valence-electron chi connectivity index (χ3n) is 4.88. The van der Waals surface area contributed by atoms with E-state index in [1.165, 1.54) is 25.9 Å². The van der Waals surface area contributed by atoms with Crippen LogP contribution in [0.5, 0.6) is 0 Å². The van der Waals surface area contributed by atoms with Crippen LogP contribution >= 0.6 is 24.0 Å². The first-order valence-corrected chi connectivity index (χ1v) is 7.88. The number of benzene rings is 1. The Bertz CT molecular complexity index is 699. The highest BCUT2D eigenvalue weighted by Crippen LogP contribution is 2.35. The normalized spacial score (nSPS) is 26.7. The molecule has 5 rings (SSSR count). The van der Waals surface area contributed by atoms with Crippen molar-refractivity contribution in [1.82, 2.24) is 14.7 Å². The van der Waals surface area contributed by atoms with Gasteiger partial charge in [-0.2, -0.15) is 0 Å². The lowest BCUT2D eigenvalue weighted by Crippen LogP contribution is -2.48. The van der Waals surface area contributed by atoms with Crippen molar-refractivity contribution in [2.45, 2.75) is 18.9 Å². The van der Waals surface area contributed by atoms with Crippen molar-refractivity contribution in [3.05, 3.63) is 45.8 Å². The molecule has 1 aromatic heterocycles. The highest BCUT2D eigenvalue weighted by molar-refractivity contribution is 6.30. The number of nitrogens with one attached hydrogen (secondary N) is 1. The molecule has 22 heavy (non-hydrogen) atoms. The summed E-state index contributed by atoms with van der Waals surface area (Å²) in [5.74, 6) is 0.691. The van der Waals surface area contributed by atoms with Crippen LogP contribution in [0.15, 0.2) is 35.3 Å². The monoisotopic (exact) mass is 339 g/mol. The third kappa shape index (κ3) is 2.71. The fraction of sp³-hybridized carbons (Fsp3) is 0.438. The average molecular weight is 340 g/mol. The highest BCUT2D eigenvalue weighted by atomic mass is 35.5. The Balaban J connectivity index is 0.00000144. The van der Waals surface area contributed by atoms with Gasteiger partial charge in [-0.25, -0.2) is 0 Å². The number of halogens is 2. The summed E-state index contributed by atoms with van der Waals surface area (Å²) in [7, 11) is 0. The fourth-order valence-corrected chi connectivity index (χ4v) is 3.80. The second-order valence-electron chi connectivity index (χ2n) is 6.10. The van der Waals surface area contributed by atoms with Gasteiger partial charge in [0.05, 0.1) is 11.6 Å². The Morgan fingerprint density at radius 1 is 1.14 bits per heavy atom. The zero-order chi connectivity index (χ0) is 14.4. The molecule has 4 heterocycles.